The number of nitrogens with zero attached hydrogens (tertiary/aromatic N) is 2. The van der Waals surface area contributed by atoms with Gasteiger partial charge in [-0.2, -0.15) is 0 Å². The molecule has 0 saturated carbocycles. The van der Waals surface area contributed by atoms with Crippen LogP contribution in [-0.2, 0) is 16.4 Å². The van der Waals surface area contributed by atoms with E-state index in [0.29, 0.717) is 17.1 Å². The molecule has 1 aromatic heterocycles. The fourth-order valence-corrected chi connectivity index (χ4v) is 2.47. The van der Waals surface area contributed by atoms with Crippen molar-refractivity contribution in [2.24, 2.45) is 0 Å². The lowest BCUT2D eigenvalue weighted by atomic mass is 10.2. The van der Waals surface area contributed by atoms with Gasteiger partial charge in [-0.25, -0.2) is 18.4 Å². The first kappa shape index (κ1) is 12.7. The smallest absolute Gasteiger partial charge is 0.176 e. The molecule has 2 rings (SSSR count). The number of sulfone groups is 1. The molecule has 0 spiro atoms. The summed E-state index contributed by atoms with van der Waals surface area (Å²) in [6.45, 7) is -0.212. The van der Waals surface area contributed by atoms with Gasteiger partial charge in [0, 0.05) is 18.0 Å². The largest absolute Gasteiger partial charge is 0.390 e. The zero-order chi connectivity index (χ0) is 13.2. The van der Waals surface area contributed by atoms with Crippen LogP contribution in [0.15, 0.2) is 41.4 Å². The van der Waals surface area contributed by atoms with E-state index in [1.54, 1.807) is 24.3 Å². The topological polar surface area (TPSA) is 80.2 Å². The van der Waals surface area contributed by atoms with E-state index in [-0.39, 0.29) is 11.5 Å². The molecule has 0 aliphatic heterocycles. The van der Waals surface area contributed by atoms with Crippen LogP contribution in [0.4, 0.5) is 0 Å². The third-order valence-corrected chi connectivity index (χ3v) is 3.56. The van der Waals surface area contributed by atoms with Crippen molar-refractivity contribution < 1.29 is 13.5 Å². The Bertz CT molecular complexity index is 669. The van der Waals surface area contributed by atoms with Gasteiger partial charge in [0.2, 0.25) is 0 Å². The van der Waals surface area contributed by atoms with Gasteiger partial charge in [0.25, 0.3) is 0 Å². The molecule has 1 aromatic carbocycles. The third-order valence-electron chi connectivity index (χ3n) is 2.40. The van der Waals surface area contributed by atoms with Crippen LogP contribution in [0.2, 0.25) is 0 Å². The molecule has 94 valence electrons. The average molecular weight is 264 g/mol. The molecule has 2 aromatic rings. The monoisotopic (exact) mass is 264 g/mol. The van der Waals surface area contributed by atoms with Crippen molar-refractivity contribution in [1.29, 1.82) is 0 Å². The first-order chi connectivity index (χ1) is 8.52. The fourth-order valence-electron chi connectivity index (χ4n) is 1.59. The second-order valence-electron chi connectivity index (χ2n) is 3.80. The van der Waals surface area contributed by atoms with Crippen molar-refractivity contribution >= 4 is 9.84 Å². The van der Waals surface area contributed by atoms with Crippen LogP contribution in [0.5, 0.6) is 0 Å². The molecule has 0 unspecified atom stereocenters. The molecule has 1 N–H and O–H groups in total. The number of benzene rings is 1. The van der Waals surface area contributed by atoms with E-state index in [1.807, 2.05) is 0 Å². The van der Waals surface area contributed by atoms with Gasteiger partial charge in [-0.15, -0.1) is 0 Å². The summed E-state index contributed by atoms with van der Waals surface area (Å²) >= 11 is 0. The second kappa shape index (κ2) is 4.83. The summed E-state index contributed by atoms with van der Waals surface area (Å²) < 4.78 is 23.4. The first-order valence-corrected chi connectivity index (χ1v) is 7.14. The van der Waals surface area contributed by atoms with E-state index < -0.39 is 9.84 Å². The van der Waals surface area contributed by atoms with Crippen molar-refractivity contribution in [2.75, 3.05) is 6.26 Å². The van der Waals surface area contributed by atoms with Gasteiger partial charge in [0.05, 0.1) is 17.2 Å². The van der Waals surface area contributed by atoms with Crippen LogP contribution in [0.3, 0.4) is 0 Å². The SMILES string of the molecule is CS(=O)(=O)c1ccccc1-c1nccc(CO)n1. The highest BCUT2D eigenvalue weighted by Crippen LogP contribution is 2.24. The number of aliphatic hydroxyl groups excluding tert-OH is 1. The molecule has 18 heavy (non-hydrogen) atoms. The molecule has 1 heterocycles. The number of aromatic nitrogens is 2. The summed E-state index contributed by atoms with van der Waals surface area (Å²) in [5.74, 6) is 0.294. The molecule has 0 fully saturated rings. The lowest BCUT2D eigenvalue weighted by Crippen LogP contribution is -2.02. The van der Waals surface area contributed by atoms with Crippen molar-refractivity contribution in [1.82, 2.24) is 9.97 Å². The number of aliphatic hydroxyl groups is 1. The molecular formula is C12H12N2O3S. The van der Waals surface area contributed by atoms with Crippen LogP contribution in [-0.4, -0.2) is 29.7 Å². The van der Waals surface area contributed by atoms with Crippen molar-refractivity contribution in [3.05, 3.63) is 42.2 Å². The highest BCUT2D eigenvalue weighted by molar-refractivity contribution is 7.90. The Morgan fingerprint density at radius 1 is 1.22 bits per heavy atom. The molecule has 0 radical (unpaired) electrons. The summed E-state index contributed by atoms with van der Waals surface area (Å²) in [5.41, 5.74) is 0.888. The first-order valence-electron chi connectivity index (χ1n) is 5.24. The molecular weight excluding hydrogens is 252 g/mol. The number of hydrogen-bond acceptors (Lipinski definition) is 5. The molecule has 0 atom stereocenters. The van der Waals surface area contributed by atoms with E-state index in [0.717, 1.165) is 6.26 Å². The van der Waals surface area contributed by atoms with Crippen LogP contribution < -0.4 is 0 Å². The van der Waals surface area contributed by atoms with E-state index in [9.17, 15) is 8.42 Å². The minimum atomic E-state index is -3.34. The van der Waals surface area contributed by atoms with Gasteiger partial charge in [-0.1, -0.05) is 12.1 Å². The van der Waals surface area contributed by atoms with E-state index in [2.05, 4.69) is 9.97 Å². The molecule has 0 aliphatic carbocycles. The lowest BCUT2D eigenvalue weighted by Gasteiger charge is -2.07. The predicted octanol–water partition coefficient (Wildman–Crippen LogP) is 1.04. The Morgan fingerprint density at radius 2 is 1.94 bits per heavy atom. The minimum absolute atomic E-state index is 0.181. The van der Waals surface area contributed by atoms with Gasteiger partial charge in [-0.05, 0) is 18.2 Å². The molecule has 6 heteroatoms. The Morgan fingerprint density at radius 3 is 2.61 bits per heavy atom. The molecule has 5 nitrogen and oxygen atoms in total. The third kappa shape index (κ3) is 2.55. The summed E-state index contributed by atoms with van der Waals surface area (Å²) in [7, 11) is -3.34. The summed E-state index contributed by atoms with van der Waals surface area (Å²) in [6, 6.07) is 8.11. The maximum atomic E-state index is 11.7. The van der Waals surface area contributed by atoms with Crippen LogP contribution in [0, 0.1) is 0 Å². The van der Waals surface area contributed by atoms with Gasteiger partial charge >= 0.3 is 0 Å². The maximum Gasteiger partial charge on any atom is 0.176 e. The molecule has 0 bridgehead atoms. The predicted molar refractivity (Wildman–Crippen MR) is 66.5 cm³/mol. The van der Waals surface area contributed by atoms with Crippen LogP contribution in [0.25, 0.3) is 11.4 Å². The Kier molecular flexibility index (Phi) is 3.40. The number of rotatable bonds is 3. The zero-order valence-corrected chi connectivity index (χ0v) is 10.6. The second-order valence-corrected chi connectivity index (χ2v) is 5.78. The normalized spacial score (nSPS) is 11.4. The average Bonchev–Trinajstić information content (AvgIpc) is 2.38. The Labute approximate surface area is 105 Å². The van der Waals surface area contributed by atoms with E-state index in [1.165, 1.54) is 12.3 Å². The molecule has 0 aliphatic rings. The minimum Gasteiger partial charge on any atom is -0.390 e. The Balaban J connectivity index is 2.64. The quantitative estimate of drug-likeness (QED) is 0.896. The van der Waals surface area contributed by atoms with E-state index in [4.69, 9.17) is 5.11 Å². The summed E-state index contributed by atoms with van der Waals surface area (Å²) in [6.07, 6.45) is 2.63. The highest BCUT2D eigenvalue weighted by atomic mass is 32.2. The fraction of sp³-hybridized carbons (Fsp3) is 0.167. The van der Waals surface area contributed by atoms with Gasteiger partial charge in [0.15, 0.2) is 15.7 Å². The van der Waals surface area contributed by atoms with Gasteiger partial charge in [-0.3, -0.25) is 0 Å². The highest BCUT2D eigenvalue weighted by Gasteiger charge is 2.15. The van der Waals surface area contributed by atoms with Gasteiger partial charge in [0.1, 0.15) is 0 Å². The van der Waals surface area contributed by atoms with Crippen LogP contribution >= 0.6 is 0 Å². The number of hydrogen-bond donors (Lipinski definition) is 1. The maximum absolute atomic E-state index is 11.7. The van der Waals surface area contributed by atoms with Crippen molar-refractivity contribution in [3.8, 4) is 11.4 Å². The van der Waals surface area contributed by atoms with Crippen molar-refractivity contribution in [2.45, 2.75) is 11.5 Å². The summed E-state index contributed by atoms with van der Waals surface area (Å²) in [4.78, 5) is 8.34. The Hall–Kier alpha value is -1.79. The molecule has 0 saturated heterocycles. The van der Waals surface area contributed by atoms with Gasteiger partial charge < -0.3 is 5.11 Å². The molecule has 0 amide bonds. The lowest BCUT2D eigenvalue weighted by molar-refractivity contribution is 0.277. The van der Waals surface area contributed by atoms with Crippen molar-refractivity contribution in [3.63, 3.8) is 0 Å². The standard InChI is InChI=1S/C12H12N2O3S/c1-18(16,17)11-5-3-2-4-10(11)12-13-7-6-9(8-15)14-12/h2-7,15H,8H2,1H3. The van der Waals surface area contributed by atoms with E-state index >= 15 is 0 Å². The van der Waals surface area contributed by atoms with Crippen LogP contribution in [0.1, 0.15) is 5.69 Å². The summed E-state index contributed by atoms with van der Waals surface area (Å²) in [5, 5.41) is 9.03. The zero-order valence-electron chi connectivity index (χ0n) is 9.74.